The predicted molar refractivity (Wildman–Crippen MR) is 151 cm³/mol. The summed E-state index contributed by atoms with van der Waals surface area (Å²) >= 11 is 2.72. The molecular formula is C26H19FIN3O7S. The third-order valence-electron chi connectivity index (χ3n) is 5.34. The lowest BCUT2D eigenvalue weighted by atomic mass is 10.1. The van der Waals surface area contributed by atoms with E-state index < -0.39 is 34.3 Å². The number of benzene rings is 3. The molecule has 0 atom stereocenters. The summed E-state index contributed by atoms with van der Waals surface area (Å²) in [5.41, 5.74) is 1.31. The van der Waals surface area contributed by atoms with Gasteiger partial charge in [0.15, 0.2) is 11.5 Å². The Labute approximate surface area is 239 Å². The number of hydrogen-bond donors (Lipinski definition) is 1. The number of hydrogen-bond acceptors (Lipinski definition) is 8. The van der Waals surface area contributed by atoms with Gasteiger partial charge in [-0.15, -0.1) is 0 Å². The molecule has 0 unspecified atom stereocenters. The summed E-state index contributed by atoms with van der Waals surface area (Å²) < 4.78 is 25.3. The molecule has 3 aromatic carbocycles. The van der Waals surface area contributed by atoms with Crippen molar-refractivity contribution in [2.45, 2.75) is 6.61 Å². The van der Waals surface area contributed by atoms with E-state index in [1.54, 1.807) is 24.3 Å². The molecule has 3 aromatic rings. The van der Waals surface area contributed by atoms with Gasteiger partial charge in [0.2, 0.25) is 5.91 Å². The number of thioether (sulfide) groups is 1. The van der Waals surface area contributed by atoms with Gasteiger partial charge in [-0.2, -0.15) is 0 Å². The maximum absolute atomic E-state index is 13.4. The molecule has 0 spiro atoms. The number of non-ortho nitro benzene ring substituents is 1. The lowest BCUT2D eigenvalue weighted by molar-refractivity contribution is -0.384. The number of amides is 3. The molecule has 10 nitrogen and oxygen atoms in total. The molecule has 0 radical (unpaired) electrons. The first-order chi connectivity index (χ1) is 18.6. The van der Waals surface area contributed by atoms with Gasteiger partial charge >= 0.3 is 0 Å². The average molecular weight is 663 g/mol. The zero-order chi connectivity index (χ0) is 28.1. The fourth-order valence-corrected chi connectivity index (χ4v) is 5.20. The van der Waals surface area contributed by atoms with Crippen molar-refractivity contribution < 1.29 is 33.2 Å². The van der Waals surface area contributed by atoms with Crippen LogP contribution in [-0.2, 0) is 16.2 Å². The minimum atomic E-state index is -0.648. The van der Waals surface area contributed by atoms with Crippen LogP contribution in [0.3, 0.4) is 0 Å². The SMILES string of the molecule is COc1cc(/C=C2/SC(=O)N(CC(=O)Nc3cccc(F)c3)C2=O)cc(I)c1OCc1cccc([N+](=O)[O-])c1. The van der Waals surface area contributed by atoms with Crippen LogP contribution in [0, 0.1) is 19.5 Å². The van der Waals surface area contributed by atoms with Gasteiger partial charge in [-0.1, -0.05) is 18.2 Å². The molecule has 1 aliphatic heterocycles. The number of carbonyl (C=O) groups is 3. The van der Waals surface area contributed by atoms with Crippen LogP contribution < -0.4 is 14.8 Å². The molecule has 1 N–H and O–H groups in total. The molecule has 1 saturated heterocycles. The Hall–Kier alpha value is -3.98. The minimum Gasteiger partial charge on any atom is -0.493 e. The van der Waals surface area contributed by atoms with Gasteiger partial charge in [-0.3, -0.25) is 29.4 Å². The lowest BCUT2D eigenvalue weighted by Crippen LogP contribution is -2.36. The van der Waals surface area contributed by atoms with E-state index >= 15 is 0 Å². The fraction of sp³-hybridized carbons (Fsp3) is 0.115. The number of anilines is 1. The Bertz CT molecular complexity index is 1510. The van der Waals surface area contributed by atoms with Crippen LogP contribution in [0.5, 0.6) is 11.5 Å². The smallest absolute Gasteiger partial charge is 0.294 e. The molecule has 200 valence electrons. The second-order valence-corrected chi connectivity index (χ2v) is 10.2. The number of ether oxygens (including phenoxy) is 2. The van der Waals surface area contributed by atoms with E-state index in [1.165, 1.54) is 43.5 Å². The molecule has 0 aliphatic carbocycles. The third-order valence-corrected chi connectivity index (χ3v) is 7.05. The zero-order valence-corrected chi connectivity index (χ0v) is 23.2. The van der Waals surface area contributed by atoms with Gasteiger partial charge in [-0.25, -0.2) is 4.39 Å². The van der Waals surface area contributed by atoms with Gasteiger partial charge in [0.25, 0.3) is 16.8 Å². The van der Waals surface area contributed by atoms with Crippen LogP contribution >= 0.6 is 34.4 Å². The summed E-state index contributed by atoms with van der Waals surface area (Å²) in [5, 5.41) is 12.9. The Morgan fingerprint density at radius 3 is 2.67 bits per heavy atom. The summed E-state index contributed by atoms with van der Waals surface area (Å²) in [6.07, 6.45) is 1.50. The predicted octanol–water partition coefficient (Wildman–Crippen LogP) is 5.60. The van der Waals surface area contributed by atoms with Gasteiger partial charge < -0.3 is 14.8 Å². The largest absolute Gasteiger partial charge is 0.493 e. The molecule has 3 amide bonds. The Morgan fingerprint density at radius 1 is 1.18 bits per heavy atom. The van der Waals surface area contributed by atoms with E-state index in [0.717, 1.165) is 11.0 Å². The van der Waals surface area contributed by atoms with Crippen LogP contribution in [0.2, 0.25) is 0 Å². The number of rotatable bonds is 9. The number of methoxy groups -OCH3 is 1. The molecule has 13 heteroatoms. The maximum Gasteiger partial charge on any atom is 0.294 e. The number of imide groups is 1. The summed E-state index contributed by atoms with van der Waals surface area (Å²) in [6, 6.07) is 14.7. The Kier molecular flexibility index (Phi) is 8.81. The van der Waals surface area contributed by atoms with Crippen molar-refractivity contribution in [3.8, 4) is 11.5 Å². The Morgan fingerprint density at radius 2 is 1.95 bits per heavy atom. The van der Waals surface area contributed by atoms with E-state index in [-0.39, 0.29) is 22.9 Å². The molecule has 1 aliphatic rings. The van der Waals surface area contributed by atoms with Crippen LogP contribution in [0.4, 0.5) is 20.6 Å². The van der Waals surface area contributed by atoms with Crippen LogP contribution in [0.25, 0.3) is 6.08 Å². The normalized spacial score (nSPS) is 14.0. The molecular weight excluding hydrogens is 644 g/mol. The van der Waals surface area contributed by atoms with Gasteiger partial charge in [0.1, 0.15) is 19.0 Å². The second kappa shape index (κ2) is 12.3. The highest BCUT2D eigenvalue weighted by Gasteiger charge is 2.36. The van der Waals surface area contributed by atoms with Crippen molar-refractivity contribution in [3.05, 3.63) is 96.2 Å². The number of nitrogens with one attached hydrogen (secondary N) is 1. The van der Waals surface area contributed by atoms with E-state index in [1.807, 2.05) is 22.6 Å². The van der Waals surface area contributed by atoms with Crippen LogP contribution in [0.15, 0.2) is 65.6 Å². The van der Waals surface area contributed by atoms with E-state index in [0.29, 0.717) is 38.0 Å². The summed E-state index contributed by atoms with van der Waals surface area (Å²) in [4.78, 5) is 49.1. The summed E-state index contributed by atoms with van der Waals surface area (Å²) in [6.45, 7) is -0.465. The number of carbonyl (C=O) groups excluding carboxylic acids is 3. The topological polar surface area (TPSA) is 128 Å². The quantitative estimate of drug-likeness (QED) is 0.136. The Balaban J connectivity index is 1.47. The standard InChI is InChI=1S/C26H19FIN3O7S/c1-37-21-10-16(9-20(28)24(21)38-14-15-4-2-7-19(8-15)31(35)36)11-22-25(33)30(26(34)39-22)13-23(32)29-18-6-3-5-17(27)12-18/h2-12H,13-14H2,1H3,(H,29,32)/b22-11+. The fourth-order valence-electron chi connectivity index (χ4n) is 3.58. The van der Waals surface area contributed by atoms with Gasteiger partial charge in [0.05, 0.1) is 20.5 Å². The molecule has 4 rings (SSSR count). The highest BCUT2D eigenvalue weighted by molar-refractivity contribution is 14.1. The number of nitro benzene ring substituents is 1. The van der Waals surface area contributed by atoms with E-state index in [9.17, 15) is 28.9 Å². The van der Waals surface area contributed by atoms with Crippen molar-refractivity contribution >= 4 is 68.9 Å². The summed E-state index contributed by atoms with van der Waals surface area (Å²) in [5.74, 6) is -1.06. The average Bonchev–Trinajstić information content (AvgIpc) is 3.15. The molecule has 39 heavy (non-hydrogen) atoms. The van der Waals surface area contributed by atoms with Crippen molar-refractivity contribution in [2.75, 3.05) is 19.0 Å². The van der Waals surface area contributed by atoms with Crippen molar-refractivity contribution in [1.29, 1.82) is 0 Å². The number of nitrogens with zero attached hydrogens (tertiary/aromatic N) is 2. The second-order valence-electron chi connectivity index (χ2n) is 8.08. The van der Waals surface area contributed by atoms with E-state index in [2.05, 4.69) is 5.32 Å². The first kappa shape index (κ1) is 28.0. The molecule has 0 bridgehead atoms. The number of nitro groups is 1. The third kappa shape index (κ3) is 6.92. The first-order valence-electron chi connectivity index (χ1n) is 11.2. The molecule has 0 saturated carbocycles. The van der Waals surface area contributed by atoms with Crippen molar-refractivity contribution in [1.82, 2.24) is 4.90 Å². The monoisotopic (exact) mass is 663 g/mol. The van der Waals surface area contributed by atoms with Gasteiger partial charge in [0, 0.05) is 17.8 Å². The van der Waals surface area contributed by atoms with E-state index in [4.69, 9.17) is 9.47 Å². The van der Waals surface area contributed by atoms with Crippen molar-refractivity contribution in [2.24, 2.45) is 0 Å². The summed E-state index contributed by atoms with van der Waals surface area (Å²) in [7, 11) is 1.44. The lowest BCUT2D eigenvalue weighted by Gasteiger charge is -2.14. The van der Waals surface area contributed by atoms with Crippen molar-refractivity contribution in [3.63, 3.8) is 0 Å². The molecule has 1 heterocycles. The highest BCUT2D eigenvalue weighted by Crippen LogP contribution is 2.37. The minimum absolute atomic E-state index is 0.0477. The molecule has 1 fully saturated rings. The first-order valence-corrected chi connectivity index (χ1v) is 13.1. The van der Waals surface area contributed by atoms with Crippen LogP contribution in [0.1, 0.15) is 11.1 Å². The maximum atomic E-state index is 13.4. The van der Waals surface area contributed by atoms with Gasteiger partial charge in [-0.05, 0) is 81.9 Å². The number of halogens is 2. The zero-order valence-electron chi connectivity index (χ0n) is 20.2. The van der Waals surface area contributed by atoms with Crippen LogP contribution in [-0.4, -0.2) is 40.5 Å². The molecule has 0 aromatic heterocycles. The highest BCUT2D eigenvalue weighted by atomic mass is 127.